The van der Waals surface area contributed by atoms with E-state index in [0.29, 0.717) is 5.92 Å². The average Bonchev–Trinajstić information content (AvgIpc) is 3.28. The first-order valence-electron chi connectivity index (χ1n) is 12.4. The van der Waals surface area contributed by atoms with E-state index in [9.17, 15) is 0 Å². The molecule has 5 heteroatoms. The Hall–Kier alpha value is -3.34. The highest BCUT2D eigenvalue weighted by Gasteiger charge is 2.22. The van der Waals surface area contributed by atoms with Gasteiger partial charge in [0.2, 0.25) is 0 Å². The van der Waals surface area contributed by atoms with Crippen molar-refractivity contribution in [3.63, 3.8) is 0 Å². The molecule has 0 N–H and O–H groups in total. The maximum Gasteiger partial charge on any atom is 0.137 e. The summed E-state index contributed by atoms with van der Waals surface area (Å²) >= 11 is 6.19. The molecular weight excluding hydrogens is 452 g/mol. The van der Waals surface area contributed by atoms with Crippen molar-refractivity contribution < 1.29 is 0 Å². The average molecular weight is 481 g/mol. The van der Waals surface area contributed by atoms with Gasteiger partial charge in [0.1, 0.15) is 5.65 Å². The first-order valence-corrected chi connectivity index (χ1v) is 12.7. The molecule has 1 fully saturated rings. The van der Waals surface area contributed by atoms with Crippen LogP contribution in [-0.2, 0) is 6.54 Å². The first-order chi connectivity index (χ1) is 17.2. The monoisotopic (exact) mass is 480 g/mol. The van der Waals surface area contributed by atoms with Crippen molar-refractivity contribution in [1.29, 1.82) is 0 Å². The summed E-state index contributed by atoms with van der Waals surface area (Å²) in [5, 5.41) is 0.746. The predicted octanol–water partition coefficient (Wildman–Crippen LogP) is 6.58. The third-order valence-corrected chi connectivity index (χ3v) is 7.39. The zero-order chi connectivity index (χ0) is 23.6. The molecule has 4 nitrogen and oxygen atoms in total. The Bertz CT molecular complexity index is 1360. The van der Waals surface area contributed by atoms with Crippen molar-refractivity contribution in [1.82, 2.24) is 14.3 Å². The van der Waals surface area contributed by atoms with Crippen molar-refractivity contribution in [2.75, 3.05) is 31.1 Å². The molecule has 6 rings (SSSR count). The van der Waals surface area contributed by atoms with Gasteiger partial charge in [-0.2, -0.15) is 0 Å². The number of allylic oxidation sites excluding steroid dienone is 4. The van der Waals surface area contributed by atoms with E-state index in [-0.39, 0.29) is 0 Å². The maximum absolute atomic E-state index is 6.19. The smallest absolute Gasteiger partial charge is 0.137 e. The maximum atomic E-state index is 6.19. The van der Waals surface area contributed by atoms with Gasteiger partial charge in [0.05, 0.1) is 11.4 Å². The largest absolute Gasteiger partial charge is 0.369 e. The lowest BCUT2D eigenvalue weighted by molar-refractivity contribution is 0.247. The van der Waals surface area contributed by atoms with E-state index in [1.165, 1.54) is 16.9 Å². The quantitative estimate of drug-likeness (QED) is 0.322. The number of pyridine rings is 1. The first kappa shape index (κ1) is 22.1. The molecule has 1 atom stereocenters. The van der Waals surface area contributed by atoms with Crippen LogP contribution in [0.5, 0.6) is 0 Å². The standard InChI is InChI=1S/C30H29ClN4/c31-26-14-11-24(12-15-26)30-28(22-33-17-19-34(20-18-33)27-9-5-2-6-10-27)35-21-25(13-16-29(35)32-30)23-7-3-1-4-8-23/h1-7,9-16,21,23H,8,17-20,22H2. The lowest BCUT2D eigenvalue weighted by Gasteiger charge is -2.36. The molecule has 1 unspecified atom stereocenters. The van der Waals surface area contributed by atoms with E-state index in [0.717, 1.165) is 61.1 Å². The molecule has 0 saturated carbocycles. The van der Waals surface area contributed by atoms with E-state index in [1.54, 1.807) is 0 Å². The molecule has 4 aromatic rings. The second-order valence-corrected chi connectivity index (χ2v) is 9.80. The molecule has 2 aromatic heterocycles. The van der Waals surface area contributed by atoms with E-state index < -0.39 is 0 Å². The summed E-state index contributed by atoms with van der Waals surface area (Å²) in [6, 6.07) is 23.2. The number of piperazine rings is 1. The number of nitrogens with zero attached hydrogens (tertiary/aromatic N) is 4. The van der Waals surface area contributed by atoms with Crippen LogP contribution in [0.25, 0.3) is 16.9 Å². The lowest BCUT2D eigenvalue weighted by atomic mass is 9.94. The van der Waals surface area contributed by atoms with Crippen LogP contribution in [0.3, 0.4) is 0 Å². The predicted molar refractivity (Wildman–Crippen MR) is 145 cm³/mol. The Morgan fingerprint density at radius 2 is 1.66 bits per heavy atom. The number of fused-ring (bicyclic) bond motifs is 1. The number of aromatic nitrogens is 2. The Morgan fingerprint density at radius 1 is 0.857 bits per heavy atom. The lowest BCUT2D eigenvalue weighted by Crippen LogP contribution is -2.46. The fourth-order valence-electron chi connectivity index (χ4n) is 5.16. The molecule has 1 aliphatic heterocycles. The van der Waals surface area contributed by atoms with Crippen LogP contribution in [0.2, 0.25) is 5.02 Å². The Labute approximate surface area is 211 Å². The number of imidazole rings is 1. The minimum atomic E-state index is 0.410. The SMILES string of the molecule is Clc1ccc(-c2nc3ccc(C4C=CC=CC4)cn3c2CN2CCN(c3ccccc3)CC2)cc1. The highest BCUT2D eigenvalue weighted by Crippen LogP contribution is 2.30. The van der Waals surface area contributed by atoms with E-state index in [1.807, 2.05) is 12.1 Å². The van der Waals surface area contributed by atoms with Crippen LogP contribution >= 0.6 is 11.6 Å². The van der Waals surface area contributed by atoms with Crippen LogP contribution < -0.4 is 4.90 Å². The van der Waals surface area contributed by atoms with Crippen LogP contribution in [0.4, 0.5) is 5.69 Å². The summed E-state index contributed by atoms with van der Waals surface area (Å²) in [6.45, 7) is 4.98. The Balaban J connectivity index is 1.32. The van der Waals surface area contributed by atoms with Gasteiger partial charge in [-0.15, -0.1) is 0 Å². The minimum absolute atomic E-state index is 0.410. The van der Waals surface area contributed by atoms with E-state index in [2.05, 4.69) is 99.3 Å². The number of anilines is 1. The topological polar surface area (TPSA) is 23.8 Å². The molecule has 0 bridgehead atoms. The van der Waals surface area contributed by atoms with Gasteiger partial charge in [0, 0.05) is 61.1 Å². The van der Waals surface area contributed by atoms with Gasteiger partial charge in [-0.25, -0.2) is 4.98 Å². The van der Waals surface area contributed by atoms with E-state index >= 15 is 0 Å². The highest BCUT2D eigenvalue weighted by atomic mass is 35.5. The molecule has 0 amide bonds. The molecule has 176 valence electrons. The van der Waals surface area contributed by atoms with Crippen LogP contribution in [0.1, 0.15) is 23.6 Å². The number of hydrogen-bond acceptors (Lipinski definition) is 3. The molecule has 3 heterocycles. The third-order valence-electron chi connectivity index (χ3n) is 7.13. The van der Waals surface area contributed by atoms with E-state index in [4.69, 9.17) is 16.6 Å². The van der Waals surface area contributed by atoms with Gasteiger partial charge in [0.25, 0.3) is 0 Å². The normalized spacial score (nSPS) is 18.4. The summed E-state index contributed by atoms with van der Waals surface area (Å²) in [4.78, 5) is 10.1. The highest BCUT2D eigenvalue weighted by molar-refractivity contribution is 6.30. The van der Waals surface area contributed by atoms with Crippen LogP contribution in [0, 0.1) is 0 Å². The Kier molecular flexibility index (Phi) is 6.15. The summed E-state index contributed by atoms with van der Waals surface area (Å²) < 4.78 is 2.31. The molecule has 2 aliphatic rings. The van der Waals surface area contributed by atoms with Crippen molar-refractivity contribution in [3.05, 3.63) is 114 Å². The van der Waals surface area contributed by atoms with Gasteiger partial charge in [0.15, 0.2) is 0 Å². The van der Waals surface area contributed by atoms with Crippen molar-refractivity contribution in [3.8, 4) is 11.3 Å². The van der Waals surface area contributed by atoms with Crippen LogP contribution in [0.15, 0.2) is 97.2 Å². The molecule has 35 heavy (non-hydrogen) atoms. The number of rotatable bonds is 5. The fraction of sp³-hybridized carbons (Fsp3) is 0.233. The van der Waals surface area contributed by atoms with Crippen molar-refractivity contribution in [2.24, 2.45) is 0 Å². The second-order valence-electron chi connectivity index (χ2n) is 9.36. The molecule has 1 aliphatic carbocycles. The third kappa shape index (κ3) is 4.64. The molecule has 1 saturated heterocycles. The van der Waals surface area contributed by atoms with Crippen molar-refractivity contribution in [2.45, 2.75) is 18.9 Å². The summed E-state index contributed by atoms with van der Waals surface area (Å²) in [6.07, 6.45) is 12.2. The minimum Gasteiger partial charge on any atom is -0.369 e. The van der Waals surface area contributed by atoms with Gasteiger partial charge in [-0.05, 0) is 42.3 Å². The summed E-state index contributed by atoms with van der Waals surface area (Å²) in [7, 11) is 0. The summed E-state index contributed by atoms with van der Waals surface area (Å²) in [5.74, 6) is 0.410. The van der Waals surface area contributed by atoms with Crippen LogP contribution in [-0.4, -0.2) is 40.5 Å². The summed E-state index contributed by atoms with van der Waals surface area (Å²) in [5.41, 5.74) is 7.03. The van der Waals surface area contributed by atoms with Gasteiger partial charge in [-0.1, -0.05) is 72.3 Å². The second kappa shape index (κ2) is 9.73. The molecular formula is C30H29ClN4. The van der Waals surface area contributed by atoms with Crippen molar-refractivity contribution >= 4 is 22.9 Å². The molecule has 2 aromatic carbocycles. The zero-order valence-corrected chi connectivity index (χ0v) is 20.5. The zero-order valence-electron chi connectivity index (χ0n) is 19.7. The number of hydrogen-bond donors (Lipinski definition) is 0. The number of halogens is 1. The Morgan fingerprint density at radius 3 is 2.40 bits per heavy atom. The van der Waals surface area contributed by atoms with Gasteiger partial charge < -0.3 is 9.30 Å². The molecule has 0 radical (unpaired) electrons. The fourth-order valence-corrected chi connectivity index (χ4v) is 5.29. The number of para-hydroxylation sites is 1. The molecule has 0 spiro atoms. The number of benzene rings is 2. The van der Waals surface area contributed by atoms with Gasteiger partial charge in [-0.3, -0.25) is 4.90 Å². The van der Waals surface area contributed by atoms with Gasteiger partial charge >= 0.3 is 0 Å².